The number of pyridine rings is 1. The SMILES string of the molecule is CCC(C)CCCN(C)CCCn1cccc(OCc2ccccc2)c1=O. The van der Waals surface area contributed by atoms with Crippen LogP contribution in [0.3, 0.4) is 0 Å². The van der Waals surface area contributed by atoms with E-state index in [9.17, 15) is 4.79 Å². The smallest absolute Gasteiger partial charge is 0.292 e. The van der Waals surface area contributed by atoms with Crippen molar-refractivity contribution in [3.8, 4) is 5.75 Å². The summed E-state index contributed by atoms with van der Waals surface area (Å²) >= 11 is 0. The monoisotopic (exact) mass is 370 g/mol. The largest absolute Gasteiger partial charge is 0.483 e. The molecular formula is C23H34N2O2. The summed E-state index contributed by atoms with van der Waals surface area (Å²) in [5.41, 5.74) is 1.01. The third-order valence-electron chi connectivity index (χ3n) is 5.09. The summed E-state index contributed by atoms with van der Waals surface area (Å²) in [7, 11) is 2.17. The Morgan fingerprint density at radius 3 is 2.56 bits per heavy atom. The Balaban J connectivity index is 1.77. The number of hydrogen-bond donors (Lipinski definition) is 0. The van der Waals surface area contributed by atoms with Crippen molar-refractivity contribution in [3.05, 3.63) is 64.6 Å². The highest BCUT2D eigenvalue weighted by molar-refractivity contribution is 5.19. The van der Waals surface area contributed by atoms with Crippen LogP contribution in [0.5, 0.6) is 5.75 Å². The molecule has 27 heavy (non-hydrogen) atoms. The lowest BCUT2D eigenvalue weighted by Gasteiger charge is -2.18. The zero-order chi connectivity index (χ0) is 19.5. The van der Waals surface area contributed by atoms with E-state index in [1.54, 1.807) is 10.6 Å². The van der Waals surface area contributed by atoms with Crippen molar-refractivity contribution in [2.45, 2.75) is 52.7 Å². The van der Waals surface area contributed by atoms with Gasteiger partial charge in [0.15, 0.2) is 5.75 Å². The summed E-state index contributed by atoms with van der Waals surface area (Å²) in [6, 6.07) is 13.6. The van der Waals surface area contributed by atoms with E-state index in [-0.39, 0.29) is 5.56 Å². The zero-order valence-corrected chi connectivity index (χ0v) is 17.1. The van der Waals surface area contributed by atoms with Crippen molar-refractivity contribution >= 4 is 0 Å². The highest BCUT2D eigenvalue weighted by Crippen LogP contribution is 2.10. The van der Waals surface area contributed by atoms with Crippen molar-refractivity contribution in [1.82, 2.24) is 9.47 Å². The first-order valence-electron chi connectivity index (χ1n) is 10.1. The summed E-state index contributed by atoms with van der Waals surface area (Å²) in [5, 5.41) is 0. The molecule has 1 heterocycles. The van der Waals surface area contributed by atoms with Gasteiger partial charge in [-0.15, -0.1) is 0 Å². The number of aryl methyl sites for hydroxylation is 1. The number of ether oxygens (including phenoxy) is 1. The third kappa shape index (κ3) is 7.59. The van der Waals surface area contributed by atoms with E-state index in [0.29, 0.717) is 12.4 Å². The fourth-order valence-electron chi connectivity index (χ4n) is 3.07. The Hall–Kier alpha value is -2.07. The molecule has 2 aromatic rings. The minimum absolute atomic E-state index is 0.0483. The van der Waals surface area contributed by atoms with Crippen molar-refractivity contribution in [1.29, 1.82) is 0 Å². The minimum Gasteiger partial charge on any atom is -0.483 e. The average molecular weight is 371 g/mol. The molecule has 0 fully saturated rings. The Labute approximate surface area is 163 Å². The van der Waals surface area contributed by atoms with Gasteiger partial charge in [-0.3, -0.25) is 4.79 Å². The molecule has 0 amide bonds. The van der Waals surface area contributed by atoms with Gasteiger partial charge in [-0.25, -0.2) is 0 Å². The van der Waals surface area contributed by atoms with Crippen LogP contribution >= 0.6 is 0 Å². The molecular weight excluding hydrogens is 336 g/mol. The lowest BCUT2D eigenvalue weighted by molar-refractivity contribution is 0.293. The summed E-state index contributed by atoms with van der Waals surface area (Å²) in [6.45, 7) is 7.83. The molecule has 0 saturated carbocycles. The van der Waals surface area contributed by atoms with E-state index >= 15 is 0 Å². The first kappa shape index (κ1) is 21.2. The predicted octanol–water partition coefficient (Wildman–Crippen LogP) is 4.58. The number of aromatic nitrogens is 1. The van der Waals surface area contributed by atoms with Crippen LogP contribution in [0.25, 0.3) is 0 Å². The molecule has 1 unspecified atom stereocenters. The van der Waals surface area contributed by atoms with Crippen LogP contribution in [0.1, 0.15) is 45.1 Å². The van der Waals surface area contributed by atoms with E-state index in [1.165, 1.54) is 19.3 Å². The van der Waals surface area contributed by atoms with Gasteiger partial charge in [-0.05, 0) is 63.0 Å². The molecule has 0 bridgehead atoms. The topological polar surface area (TPSA) is 34.5 Å². The third-order valence-corrected chi connectivity index (χ3v) is 5.09. The molecule has 2 rings (SSSR count). The van der Waals surface area contributed by atoms with Crippen molar-refractivity contribution in [3.63, 3.8) is 0 Å². The van der Waals surface area contributed by atoms with E-state index in [1.807, 2.05) is 42.6 Å². The number of nitrogens with zero attached hydrogens (tertiary/aromatic N) is 2. The van der Waals surface area contributed by atoms with Gasteiger partial charge in [0, 0.05) is 12.7 Å². The molecule has 4 nitrogen and oxygen atoms in total. The van der Waals surface area contributed by atoms with E-state index in [4.69, 9.17) is 4.74 Å². The second-order valence-electron chi connectivity index (χ2n) is 7.46. The fourth-order valence-corrected chi connectivity index (χ4v) is 3.07. The number of benzene rings is 1. The van der Waals surface area contributed by atoms with Crippen LogP contribution in [0.4, 0.5) is 0 Å². The summed E-state index contributed by atoms with van der Waals surface area (Å²) in [6.07, 6.45) is 6.60. The highest BCUT2D eigenvalue weighted by atomic mass is 16.5. The standard InChI is InChI=1S/C23H34N2O2/c1-4-20(2)11-8-15-24(3)16-10-18-25-17-9-14-22(23(25)26)27-19-21-12-6-5-7-13-21/h5-7,9,12-14,17,20H,4,8,10-11,15-16,18-19H2,1-3H3. The normalized spacial score (nSPS) is 12.3. The quantitative estimate of drug-likeness (QED) is 0.549. The Kier molecular flexibility index (Phi) is 9.12. The van der Waals surface area contributed by atoms with Crippen LogP contribution in [0.2, 0.25) is 0 Å². The maximum Gasteiger partial charge on any atom is 0.292 e. The molecule has 4 heteroatoms. The van der Waals surface area contributed by atoms with Crippen LogP contribution in [0, 0.1) is 5.92 Å². The first-order valence-corrected chi connectivity index (χ1v) is 10.1. The maximum absolute atomic E-state index is 12.6. The van der Waals surface area contributed by atoms with Gasteiger partial charge in [-0.2, -0.15) is 0 Å². The van der Waals surface area contributed by atoms with Gasteiger partial charge in [0.25, 0.3) is 5.56 Å². The second kappa shape index (κ2) is 11.6. The first-order chi connectivity index (χ1) is 13.1. The van der Waals surface area contributed by atoms with Crippen LogP contribution in [-0.4, -0.2) is 29.6 Å². The lowest BCUT2D eigenvalue weighted by Crippen LogP contribution is -2.25. The summed E-state index contributed by atoms with van der Waals surface area (Å²) in [5.74, 6) is 1.24. The molecule has 0 spiro atoms. The summed E-state index contributed by atoms with van der Waals surface area (Å²) < 4.78 is 7.49. The second-order valence-corrected chi connectivity index (χ2v) is 7.46. The van der Waals surface area contributed by atoms with Gasteiger partial charge < -0.3 is 14.2 Å². The molecule has 148 valence electrons. The van der Waals surface area contributed by atoms with Crippen molar-refractivity contribution in [2.75, 3.05) is 20.1 Å². The summed E-state index contributed by atoms with van der Waals surface area (Å²) in [4.78, 5) is 14.9. The van der Waals surface area contributed by atoms with Gasteiger partial charge in [0.1, 0.15) is 6.61 Å². The van der Waals surface area contributed by atoms with Gasteiger partial charge in [0.05, 0.1) is 0 Å². The lowest BCUT2D eigenvalue weighted by atomic mass is 10.0. The Morgan fingerprint density at radius 2 is 1.81 bits per heavy atom. The van der Waals surface area contributed by atoms with Gasteiger partial charge in [-0.1, -0.05) is 50.6 Å². The molecule has 0 aliphatic carbocycles. The van der Waals surface area contributed by atoms with Gasteiger partial charge in [0.2, 0.25) is 0 Å². The van der Waals surface area contributed by atoms with Crippen LogP contribution in [0.15, 0.2) is 53.5 Å². The number of rotatable bonds is 12. The molecule has 0 N–H and O–H groups in total. The van der Waals surface area contributed by atoms with Crippen LogP contribution < -0.4 is 10.3 Å². The molecule has 0 aliphatic heterocycles. The Bertz CT molecular complexity index is 712. The van der Waals surface area contributed by atoms with Gasteiger partial charge >= 0.3 is 0 Å². The molecule has 1 atom stereocenters. The van der Waals surface area contributed by atoms with Crippen LogP contribution in [-0.2, 0) is 13.2 Å². The van der Waals surface area contributed by atoms with E-state index < -0.39 is 0 Å². The molecule has 1 aromatic heterocycles. The molecule has 0 radical (unpaired) electrons. The molecule has 0 aliphatic rings. The Morgan fingerprint density at radius 1 is 1.07 bits per heavy atom. The predicted molar refractivity (Wildman–Crippen MR) is 112 cm³/mol. The van der Waals surface area contributed by atoms with E-state index in [2.05, 4.69) is 25.8 Å². The van der Waals surface area contributed by atoms with Crippen molar-refractivity contribution in [2.24, 2.45) is 5.92 Å². The fraction of sp³-hybridized carbons (Fsp3) is 0.522. The maximum atomic E-state index is 12.6. The molecule has 1 aromatic carbocycles. The highest BCUT2D eigenvalue weighted by Gasteiger charge is 2.06. The molecule has 0 saturated heterocycles. The zero-order valence-electron chi connectivity index (χ0n) is 17.1. The van der Waals surface area contributed by atoms with Crippen molar-refractivity contribution < 1.29 is 4.74 Å². The average Bonchev–Trinajstić information content (AvgIpc) is 2.69. The van der Waals surface area contributed by atoms with E-state index in [0.717, 1.165) is 37.5 Å². The minimum atomic E-state index is -0.0483. The number of hydrogen-bond acceptors (Lipinski definition) is 3.